The Morgan fingerprint density at radius 1 is 1.50 bits per heavy atom. The van der Waals surface area contributed by atoms with Crippen LogP contribution in [-0.4, -0.2) is 36.6 Å². The molecule has 0 saturated heterocycles. The molecule has 0 aromatic heterocycles. The Hall–Kier alpha value is -1.24. The number of rotatable bonds is 4. The Labute approximate surface area is 124 Å². The van der Waals surface area contributed by atoms with Crippen molar-refractivity contribution < 1.29 is 14.4 Å². The molecule has 0 bridgehead atoms. The van der Waals surface area contributed by atoms with E-state index >= 15 is 0 Å². The molecule has 5 nitrogen and oxygen atoms in total. The number of aryl methyl sites for hydroxylation is 1. The van der Waals surface area contributed by atoms with Crippen LogP contribution in [0.5, 0.6) is 0 Å². The minimum atomic E-state index is -0.321. The van der Waals surface area contributed by atoms with E-state index < -0.39 is 0 Å². The number of thiol groups is 1. The largest absolute Gasteiger partial charge is 0.465 e. The molecule has 0 saturated carbocycles. The Morgan fingerprint density at radius 2 is 2.25 bits per heavy atom. The molecule has 1 aliphatic heterocycles. The highest BCUT2D eigenvalue weighted by atomic mass is 32.1. The lowest BCUT2D eigenvalue weighted by Gasteiger charge is -2.41. The Morgan fingerprint density at radius 3 is 2.90 bits per heavy atom. The third kappa shape index (κ3) is 2.92. The first kappa shape index (κ1) is 15.2. The third-order valence-corrected chi connectivity index (χ3v) is 3.89. The molecule has 0 radical (unpaired) electrons. The minimum absolute atomic E-state index is 0.190. The second-order valence-electron chi connectivity index (χ2n) is 4.64. The predicted molar refractivity (Wildman–Crippen MR) is 80.5 cm³/mol. The number of ether oxygens (including phenoxy) is 1. The van der Waals surface area contributed by atoms with Crippen LogP contribution in [0.2, 0.25) is 0 Å². The molecule has 20 heavy (non-hydrogen) atoms. The molecule has 0 spiro atoms. The lowest BCUT2D eigenvalue weighted by Crippen LogP contribution is -2.50. The number of carbonyl (C=O) groups is 1. The summed E-state index contributed by atoms with van der Waals surface area (Å²) in [6.07, 6.45) is 0. The lowest BCUT2D eigenvalue weighted by atomic mass is 10.0. The van der Waals surface area contributed by atoms with Gasteiger partial charge in [0.15, 0.2) is 5.50 Å². The van der Waals surface area contributed by atoms with Gasteiger partial charge in [-0.1, -0.05) is 12.1 Å². The van der Waals surface area contributed by atoms with Crippen molar-refractivity contribution >= 4 is 24.3 Å². The van der Waals surface area contributed by atoms with Gasteiger partial charge in [-0.25, -0.2) is 5.06 Å². The van der Waals surface area contributed by atoms with E-state index in [2.05, 4.69) is 12.6 Å². The molecule has 0 N–H and O–H groups in total. The van der Waals surface area contributed by atoms with Crippen LogP contribution in [0, 0.1) is 6.92 Å². The Kier molecular flexibility index (Phi) is 4.91. The van der Waals surface area contributed by atoms with Crippen molar-refractivity contribution in [2.75, 3.05) is 25.3 Å². The number of benzene rings is 1. The first-order chi connectivity index (χ1) is 9.58. The van der Waals surface area contributed by atoms with Crippen LogP contribution in [0.3, 0.4) is 0 Å². The van der Waals surface area contributed by atoms with Gasteiger partial charge in [0.2, 0.25) is 0 Å². The normalized spacial score (nSPS) is 18.8. The topological polar surface area (TPSA) is 42.0 Å². The van der Waals surface area contributed by atoms with E-state index in [1.165, 1.54) is 5.56 Å². The summed E-state index contributed by atoms with van der Waals surface area (Å²) in [5.74, 6) is -0.250. The van der Waals surface area contributed by atoms with Gasteiger partial charge in [0, 0.05) is 6.54 Å². The standard InChI is InChI=1S/C14H20N2O3S/c1-4-19-13(17)9-15-8-11-10(2)6-5-7-12(11)16(18-3)14(15)20/h5-7,14,20H,4,8-9H2,1-3H3. The van der Waals surface area contributed by atoms with Crippen molar-refractivity contribution in [3.8, 4) is 0 Å². The summed E-state index contributed by atoms with van der Waals surface area (Å²) < 4.78 is 5.01. The van der Waals surface area contributed by atoms with Crippen LogP contribution in [-0.2, 0) is 20.9 Å². The molecule has 2 rings (SSSR count). The number of esters is 1. The zero-order valence-electron chi connectivity index (χ0n) is 12.0. The molecular weight excluding hydrogens is 276 g/mol. The van der Waals surface area contributed by atoms with Gasteiger partial charge in [-0.05, 0) is 31.0 Å². The number of fused-ring (bicyclic) bond motifs is 1. The van der Waals surface area contributed by atoms with Crippen LogP contribution in [0.1, 0.15) is 18.1 Å². The van der Waals surface area contributed by atoms with Crippen molar-refractivity contribution in [1.29, 1.82) is 0 Å². The summed E-state index contributed by atoms with van der Waals surface area (Å²) in [7, 11) is 1.60. The van der Waals surface area contributed by atoms with Gasteiger partial charge < -0.3 is 4.74 Å². The lowest BCUT2D eigenvalue weighted by molar-refractivity contribution is -0.145. The fourth-order valence-electron chi connectivity index (χ4n) is 2.36. The zero-order valence-corrected chi connectivity index (χ0v) is 12.9. The smallest absolute Gasteiger partial charge is 0.320 e. The summed E-state index contributed by atoms with van der Waals surface area (Å²) in [6, 6.07) is 6.03. The van der Waals surface area contributed by atoms with Crippen LogP contribution >= 0.6 is 12.6 Å². The van der Waals surface area contributed by atoms with Crippen LogP contribution in [0.25, 0.3) is 0 Å². The average Bonchev–Trinajstić information content (AvgIpc) is 2.41. The van der Waals surface area contributed by atoms with Gasteiger partial charge in [-0.3, -0.25) is 14.5 Å². The molecule has 1 unspecified atom stereocenters. The van der Waals surface area contributed by atoms with Gasteiger partial charge in [0.1, 0.15) is 0 Å². The predicted octanol–water partition coefficient (Wildman–Crippen LogP) is 1.95. The molecule has 110 valence electrons. The van der Waals surface area contributed by atoms with E-state index in [0.29, 0.717) is 13.2 Å². The van der Waals surface area contributed by atoms with E-state index in [0.717, 1.165) is 11.3 Å². The van der Waals surface area contributed by atoms with Crippen LogP contribution in [0.4, 0.5) is 5.69 Å². The maximum atomic E-state index is 11.7. The summed E-state index contributed by atoms with van der Waals surface area (Å²) in [5.41, 5.74) is 2.98. The number of anilines is 1. The second-order valence-corrected chi connectivity index (χ2v) is 5.10. The number of hydrogen-bond donors (Lipinski definition) is 1. The monoisotopic (exact) mass is 296 g/mol. The van der Waals surface area contributed by atoms with Gasteiger partial charge in [-0.2, -0.15) is 0 Å². The number of nitrogens with zero attached hydrogens (tertiary/aromatic N) is 2. The minimum Gasteiger partial charge on any atom is -0.465 e. The average molecular weight is 296 g/mol. The highest BCUT2D eigenvalue weighted by molar-refractivity contribution is 7.81. The van der Waals surface area contributed by atoms with Crippen molar-refractivity contribution in [1.82, 2.24) is 4.90 Å². The second kappa shape index (κ2) is 6.47. The van der Waals surface area contributed by atoms with Gasteiger partial charge in [0.05, 0.1) is 25.9 Å². The van der Waals surface area contributed by atoms with E-state index in [4.69, 9.17) is 9.57 Å². The van der Waals surface area contributed by atoms with Crippen molar-refractivity contribution in [2.45, 2.75) is 25.9 Å². The fourth-order valence-corrected chi connectivity index (χ4v) is 2.74. The molecule has 0 fully saturated rings. The Balaban J connectivity index is 2.26. The van der Waals surface area contributed by atoms with Crippen LogP contribution in [0.15, 0.2) is 18.2 Å². The molecule has 1 heterocycles. The molecular formula is C14H20N2O3S. The number of carbonyl (C=O) groups excluding carboxylic acids is 1. The highest BCUT2D eigenvalue weighted by Crippen LogP contribution is 2.34. The quantitative estimate of drug-likeness (QED) is 0.679. The Bertz CT molecular complexity index is 495. The SMILES string of the molecule is CCOC(=O)CN1Cc2c(C)cccc2N(OC)C1S. The summed E-state index contributed by atoms with van der Waals surface area (Å²) >= 11 is 4.55. The van der Waals surface area contributed by atoms with E-state index in [-0.39, 0.29) is 18.0 Å². The van der Waals surface area contributed by atoms with Crippen molar-refractivity contribution in [3.63, 3.8) is 0 Å². The number of hydroxylamine groups is 1. The third-order valence-electron chi connectivity index (χ3n) is 3.35. The highest BCUT2D eigenvalue weighted by Gasteiger charge is 2.32. The molecule has 1 aromatic carbocycles. The molecule has 0 amide bonds. The first-order valence-corrected chi connectivity index (χ1v) is 7.09. The molecule has 0 aliphatic carbocycles. The van der Waals surface area contributed by atoms with Gasteiger partial charge >= 0.3 is 5.97 Å². The van der Waals surface area contributed by atoms with Gasteiger partial charge in [0.25, 0.3) is 0 Å². The summed E-state index contributed by atoms with van der Waals surface area (Å²) in [4.78, 5) is 19.0. The zero-order chi connectivity index (χ0) is 14.7. The van der Waals surface area contributed by atoms with E-state index in [1.54, 1.807) is 19.1 Å². The van der Waals surface area contributed by atoms with E-state index in [1.807, 2.05) is 30.0 Å². The van der Waals surface area contributed by atoms with Crippen molar-refractivity contribution in [2.24, 2.45) is 0 Å². The number of hydrogen-bond acceptors (Lipinski definition) is 6. The first-order valence-electron chi connectivity index (χ1n) is 6.58. The van der Waals surface area contributed by atoms with Crippen molar-refractivity contribution in [3.05, 3.63) is 29.3 Å². The fraction of sp³-hybridized carbons (Fsp3) is 0.500. The van der Waals surface area contributed by atoms with Crippen LogP contribution < -0.4 is 5.06 Å². The maximum Gasteiger partial charge on any atom is 0.320 e. The maximum absolute atomic E-state index is 11.7. The summed E-state index contributed by atoms with van der Waals surface area (Å²) in [5, 5.41) is 1.70. The molecule has 1 aromatic rings. The van der Waals surface area contributed by atoms with Gasteiger partial charge in [-0.15, -0.1) is 12.6 Å². The summed E-state index contributed by atoms with van der Waals surface area (Å²) in [6.45, 7) is 5.07. The molecule has 1 aliphatic rings. The molecule has 6 heteroatoms. The van der Waals surface area contributed by atoms with E-state index in [9.17, 15) is 4.79 Å². The molecule has 1 atom stereocenters.